The first-order valence-corrected chi connectivity index (χ1v) is 11.1. The lowest BCUT2D eigenvalue weighted by Gasteiger charge is -2.31. The lowest BCUT2D eigenvalue weighted by atomic mass is 10.1. The normalized spacial score (nSPS) is 12.2. The van der Waals surface area contributed by atoms with Gasteiger partial charge in [-0.25, -0.2) is 8.42 Å². The molecule has 0 aromatic heterocycles. The summed E-state index contributed by atoms with van der Waals surface area (Å²) in [5, 5.41) is 0. The van der Waals surface area contributed by atoms with Crippen LogP contribution in [0.2, 0.25) is 0 Å². The number of anilines is 1. The summed E-state index contributed by atoms with van der Waals surface area (Å²) in [4.78, 5) is 14.5. The van der Waals surface area contributed by atoms with E-state index in [1.165, 1.54) is 4.90 Å². The van der Waals surface area contributed by atoms with Crippen LogP contribution in [-0.4, -0.2) is 52.3 Å². The quantitative estimate of drug-likeness (QED) is 0.623. The number of hydrogen-bond acceptors (Lipinski definition) is 5. The first kappa shape index (κ1) is 22.5. The molecule has 0 spiro atoms. The van der Waals surface area contributed by atoms with E-state index in [1.54, 1.807) is 45.3 Å². The minimum atomic E-state index is -3.69. The van der Waals surface area contributed by atoms with E-state index >= 15 is 0 Å². The molecule has 2 aromatic rings. The maximum absolute atomic E-state index is 13.0. The van der Waals surface area contributed by atoms with Crippen molar-refractivity contribution in [3.05, 3.63) is 54.1 Å². The smallest absolute Gasteiger partial charge is 0.246 e. The summed E-state index contributed by atoms with van der Waals surface area (Å²) >= 11 is 0. The van der Waals surface area contributed by atoms with Crippen LogP contribution in [0.25, 0.3) is 0 Å². The lowest BCUT2D eigenvalue weighted by molar-refractivity contribution is -0.131. The van der Waals surface area contributed by atoms with E-state index in [1.807, 2.05) is 31.2 Å². The van der Waals surface area contributed by atoms with Gasteiger partial charge in [0.25, 0.3) is 0 Å². The molecule has 8 heteroatoms. The van der Waals surface area contributed by atoms with Gasteiger partial charge in [-0.2, -0.15) is 0 Å². The highest BCUT2D eigenvalue weighted by atomic mass is 32.2. The summed E-state index contributed by atoms with van der Waals surface area (Å²) in [6.07, 6.45) is 1.09. The summed E-state index contributed by atoms with van der Waals surface area (Å²) < 4.78 is 36.8. The minimum absolute atomic E-state index is 0.300. The third kappa shape index (κ3) is 5.63. The molecule has 158 valence electrons. The molecule has 0 unspecified atom stereocenters. The third-order valence-corrected chi connectivity index (χ3v) is 5.69. The van der Waals surface area contributed by atoms with Gasteiger partial charge in [-0.1, -0.05) is 18.2 Å². The summed E-state index contributed by atoms with van der Waals surface area (Å²) in [6.45, 7) is 4.26. The van der Waals surface area contributed by atoms with Crippen LogP contribution in [0.15, 0.2) is 48.5 Å². The van der Waals surface area contributed by atoms with Crippen LogP contribution in [0.1, 0.15) is 19.4 Å². The van der Waals surface area contributed by atoms with Crippen molar-refractivity contribution < 1.29 is 22.7 Å². The average Bonchev–Trinajstić information content (AvgIpc) is 2.68. The molecule has 0 N–H and O–H groups in total. The van der Waals surface area contributed by atoms with Gasteiger partial charge >= 0.3 is 0 Å². The number of sulfonamides is 1. The minimum Gasteiger partial charge on any atom is -0.496 e. The number of likely N-dealkylation sites (N-methyl/N-ethyl adjacent to an activating group) is 1. The molecule has 0 heterocycles. The van der Waals surface area contributed by atoms with Gasteiger partial charge in [0.05, 0.1) is 25.7 Å². The van der Waals surface area contributed by atoms with Crippen molar-refractivity contribution in [1.82, 2.24) is 4.90 Å². The fourth-order valence-electron chi connectivity index (χ4n) is 3.14. The third-order valence-electron chi connectivity index (χ3n) is 4.44. The largest absolute Gasteiger partial charge is 0.496 e. The predicted octanol–water partition coefficient (Wildman–Crippen LogP) is 2.91. The Hall–Kier alpha value is -2.74. The molecule has 2 rings (SSSR count). The highest BCUT2D eigenvalue weighted by molar-refractivity contribution is 7.92. The van der Waals surface area contributed by atoms with Crippen LogP contribution in [0.3, 0.4) is 0 Å². The van der Waals surface area contributed by atoms with Crippen molar-refractivity contribution in [3.8, 4) is 11.5 Å². The van der Waals surface area contributed by atoms with E-state index in [0.29, 0.717) is 30.3 Å². The van der Waals surface area contributed by atoms with Crippen LogP contribution in [0.5, 0.6) is 11.5 Å². The number of para-hydroxylation sites is 1. The van der Waals surface area contributed by atoms with E-state index in [0.717, 1.165) is 16.1 Å². The fourth-order valence-corrected chi connectivity index (χ4v) is 4.31. The van der Waals surface area contributed by atoms with Gasteiger partial charge in [0.2, 0.25) is 15.9 Å². The topological polar surface area (TPSA) is 76.2 Å². The monoisotopic (exact) mass is 420 g/mol. The zero-order valence-electron chi connectivity index (χ0n) is 17.5. The Morgan fingerprint density at radius 2 is 1.72 bits per heavy atom. The van der Waals surface area contributed by atoms with E-state index in [4.69, 9.17) is 9.47 Å². The molecule has 1 atom stereocenters. The molecule has 0 fully saturated rings. The highest BCUT2D eigenvalue weighted by Crippen LogP contribution is 2.25. The Kier molecular flexibility index (Phi) is 7.50. The van der Waals surface area contributed by atoms with Gasteiger partial charge < -0.3 is 14.4 Å². The Bertz CT molecular complexity index is 928. The molecular weight excluding hydrogens is 392 g/mol. The zero-order valence-corrected chi connectivity index (χ0v) is 18.3. The number of amides is 1. The second-order valence-corrected chi connectivity index (χ2v) is 8.53. The number of carbonyl (C=O) groups is 1. The fraction of sp³-hybridized carbons (Fsp3) is 0.381. The van der Waals surface area contributed by atoms with Gasteiger partial charge in [0, 0.05) is 19.2 Å². The van der Waals surface area contributed by atoms with E-state index < -0.39 is 16.1 Å². The van der Waals surface area contributed by atoms with Gasteiger partial charge in [-0.3, -0.25) is 9.10 Å². The first-order valence-electron chi connectivity index (χ1n) is 9.28. The second-order valence-electron chi connectivity index (χ2n) is 6.67. The molecular formula is C21H28N2O5S. The van der Waals surface area contributed by atoms with E-state index in [2.05, 4.69) is 0 Å². The number of hydrogen-bond donors (Lipinski definition) is 0. The molecule has 0 aliphatic carbocycles. The molecule has 2 aromatic carbocycles. The van der Waals surface area contributed by atoms with Crippen LogP contribution in [0.4, 0.5) is 5.69 Å². The summed E-state index contributed by atoms with van der Waals surface area (Å²) in [5.41, 5.74) is 1.24. The summed E-state index contributed by atoms with van der Waals surface area (Å²) in [6, 6.07) is 13.1. The predicted molar refractivity (Wildman–Crippen MR) is 114 cm³/mol. The maximum atomic E-state index is 13.0. The number of carbonyl (C=O) groups excluding carboxylic acids is 1. The lowest BCUT2D eigenvalue weighted by Crippen LogP contribution is -2.48. The molecule has 1 amide bonds. The molecule has 0 aliphatic heterocycles. The number of benzene rings is 2. The number of methoxy groups -OCH3 is 1. The number of nitrogens with zero attached hydrogens (tertiary/aromatic N) is 2. The molecule has 0 saturated carbocycles. The highest BCUT2D eigenvalue weighted by Gasteiger charge is 2.31. The zero-order chi connectivity index (χ0) is 21.6. The van der Waals surface area contributed by atoms with Crippen LogP contribution in [-0.2, 0) is 21.4 Å². The summed E-state index contributed by atoms with van der Waals surface area (Å²) in [5.74, 6) is 0.985. The van der Waals surface area contributed by atoms with Crippen molar-refractivity contribution in [3.63, 3.8) is 0 Å². The Morgan fingerprint density at radius 1 is 1.10 bits per heavy atom. The van der Waals surface area contributed by atoms with Gasteiger partial charge in [0.15, 0.2) is 0 Å². The van der Waals surface area contributed by atoms with Gasteiger partial charge in [-0.15, -0.1) is 0 Å². The SMILES string of the molecule is CCOc1ccc(N([C@H](C)C(=O)N(C)Cc2ccccc2OC)S(C)(=O)=O)cc1. The van der Waals surface area contributed by atoms with E-state index in [-0.39, 0.29) is 5.91 Å². The average molecular weight is 421 g/mol. The van der Waals surface area contributed by atoms with Crippen LogP contribution < -0.4 is 13.8 Å². The first-order chi connectivity index (χ1) is 13.7. The van der Waals surface area contributed by atoms with Crippen molar-refractivity contribution in [1.29, 1.82) is 0 Å². The molecule has 0 bridgehead atoms. The molecule has 7 nitrogen and oxygen atoms in total. The van der Waals surface area contributed by atoms with Gasteiger partial charge in [0.1, 0.15) is 17.5 Å². The molecule has 0 saturated heterocycles. The van der Waals surface area contributed by atoms with Crippen molar-refractivity contribution in [2.75, 3.05) is 31.3 Å². The van der Waals surface area contributed by atoms with Crippen molar-refractivity contribution >= 4 is 21.6 Å². The molecule has 29 heavy (non-hydrogen) atoms. The van der Waals surface area contributed by atoms with Gasteiger partial charge in [-0.05, 0) is 44.2 Å². The maximum Gasteiger partial charge on any atom is 0.246 e. The van der Waals surface area contributed by atoms with Crippen LogP contribution in [0, 0.1) is 0 Å². The summed E-state index contributed by atoms with van der Waals surface area (Å²) in [7, 11) is -0.473. The van der Waals surface area contributed by atoms with Crippen LogP contribution >= 0.6 is 0 Å². The number of ether oxygens (including phenoxy) is 2. The molecule has 0 aliphatic rings. The van der Waals surface area contributed by atoms with Crippen molar-refractivity contribution in [2.24, 2.45) is 0 Å². The number of rotatable bonds is 9. The van der Waals surface area contributed by atoms with E-state index in [9.17, 15) is 13.2 Å². The Balaban J connectivity index is 2.26. The Labute approximate surface area is 172 Å². The molecule has 0 radical (unpaired) electrons. The standard InChI is InChI=1S/C21H28N2O5S/c1-6-28-19-13-11-18(12-14-19)23(29(5,25)26)16(2)21(24)22(3)15-17-9-7-8-10-20(17)27-4/h7-14,16H,6,15H2,1-5H3/t16-/m1/s1. The second kappa shape index (κ2) is 9.65. The van der Waals surface area contributed by atoms with Crippen molar-refractivity contribution in [2.45, 2.75) is 26.4 Å². The Morgan fingerprint density at radius 3 is 2.28 bits per heavy atom.